The van der Waals surface area contributed by atoms with Gasteiger partial charge in [0.05, 0.1) is 22.7 Å². The van der Waals surface area contributed by atoms with Gasteiger partial charge in [-0.25, -0.2) is 9.37 Å². The molecule has 0 amide bonds. The normalized spacial score (nSPS) is 18.0. The topological polar surface area (TPSA) is 69.9 Å². The van der Waals surface area contributed by atoms with E-state index >= 15 is 0 Å². The highest BCUT2D eigenvalue weighted by atomic mass is 79.9. The van der Waals surface area contributed by atoms with Crippen LogP contribution in [0, 0.1) is 11.7 Å². The number of fused-ring (bicyclic) bond motifs is 3. The smallest absolute Gasteiger partial charge is 0.387 e. The lowest BCUT2D eigenvalue weighted by atomic mass is 9.86. The van der Waals surface area contributed by atoms with E-state index in [9.17, 15) is 22.8 Å². The molecule has 2 heterocycles. The number of esters is 1. The Kier molecular flexibility index (Phi) is 5.69. The number of ketones is 1. The Morgan fingerprint density at radius 3 is 2.77 bits per heavy atom. The number of halogens is 5. The van der Waals surface area contributed by atoms with Crippen LogP contribution in [0.2, 0.25) is 5.02 Å². The van der Waals surface area contributed by atoms with Gasteiger partial charge in [-0.15, -0.1) is 0 Å². The number of aromatic nitrogens is 2. The maximum absolute atomic E-state index is 14.0. The van der Waals surface area contributed by atoms with Crippen molar-refractivity contribution in [2.45, 2.75) is 19.5 Å². The number of benzene rings is 1. The minimum Gasteiger partial charge on any atom is -0.465 e. The van der Waals surface area contributed by atoms with E-state index in [1.165, 1.54) is 28.8 Å². The van der Waals surface area contributed by atoms with Gasteiger partial charge in [0.2, 0.25) is 0 Å². The van der Waals surface area contributed by atoms with Crippen molar-refractivity contribution in [3.05, 3.63) is 62.7 Å². The molecule has 0 N–H and O–H groups in total. The van der Waals surface area contributed by atoms with Gasteiger partial charge < -0.3 is 13.9 Å². The predicted molar refractivity (Wildman–Crippen MR) is 107 cm³/mol. The summed E-state index contributed by atoms with van der Waals surface area (Å²) in [5.41, 5.74) is 0.341. The number of imidazole rings is 1. The van der Waals surface area contributed by atoms with Crippen LogP contribution in [-0.4, -0.2) is 34.4 Å². The second-order valence-electron chi connectivity index (χ2n) is 6.68. The molecule has 0 fully saturated rings. The first-order valence-corrected chi connectivity index (χ1v) is 10.2. The summed E-state index contributed by atoms with van der Waals surface area (Å²) in [6.45, 7) is -1.57. The zero-order chi connectivity index (χ0) is 22.4. The highest BCUT2D eigenvalue weighted by Gasteiger charge is 2.50. The van der Waals surface area contributed by atoms with Gasteiger partial charge in [-0.1, -0.05) is 11.6 Å². The molecule has 0 aliphatic heterocycles. The number of carbonyl (C=O) groups is 2. The molecular formula is C20H13BrClF3N2O4. The largest absolute Gasteiger partial charge is 0.465 e. The van der Waals surface area contributed by atoms with E-state index in [0.717, 1.165) is 6.07 Å². The molecule has 0 saturated heterocycles. The quantitative estimate of drug-likeness (QED) is 0.352. The van der Waals surface area contributed by atoms with Crippen molar-refractivity contribution < 1.29 is 32.2 Å². The Bertz CT molecular complexity index is 1220. The third-order valence-electron chi connectivity index (χ3n) is 4.91. The van der Waals surface area contributed by atoms with Crippen molar-refractivity contribution in [3.63, 3.8) is 0 Å². The van der Waals surface area contributed by atoms with E-state index < -0.39 is 36.0 Å². The molecular weight excluding hydrogens is 505 g/mol. The molecule has 6 nitrogen and oxygen atoms in total. The standard InChI is InChI=1S/C20H13BrClF3N2O4/c1-2-30-19(29)15-14(9-5-8(22)3-4-12(9)31-20(24)25)17-16(18(15)28)26-13-6-11(23)10(21)7-27(13)17/h3-7,14-15,20H,2H2,1H3. The highest BCUT2D eigenvalue weighted by Crippen LogP contribution is 2.47. The van der Waals surface area contributed by atoms with Crippen LogP contribution in [0.15, 0.2) is 34.9 Å². The average molecular weight is 518 g/mol. The summed E-state index contributed by atoms with van der Waals surface area (Å²) in [5.74, 6) is -4.85. The van der Waals surface area contributed by atoms with Gasteiger partial charge in [-0.3, -0.25) is 9.59 Å². The molecule has 1 aliphatic carbocycles. The van der Waals surface area contributed by atoms with Crippen LogP contribution in [-0.2, 0) is 9.53 Å². The minimum absolute atomic E-state index is 0.00751. The highest BCUT2D eigenvalue weighted by molar-refractivity contribution is 9.10. The molecule has 0 saturated carbocycles. The van der Waals surface area contributed by atoms with Crippen molar-refractivity contribution in [1.29, 1.82) is 0 Å². The lowest BCUT2D eigenvalue weighted by molar-refractivity contribution is -0.146. The second-order valence-corrected chi connectivity index (χ2v) is 7.97. The van der Waals surface area contributed by atoms with Crippen molar-refractivity contribution in [3.8, 4) is 5.75 Å². The zero-order valence-corrected chi connectivity index (χ0v) is 18.1. The van der Waals surface area contributed by atoms with E-state index in [0.29, 0.717) is 0 Å². The number of pyridine rings is 1. The summed E-state index contributed by atoms with van der Waals surface area (Å²) in [7, 11) is 0. The van der Waals surface area contributed by atoms with Crippen LogP contribution < -0.4 is 4.74 Å². The lowest BCUT2D eigenvalue weighted by Gasteiger charge is -2.22. The summed E-state index contributed by atoms with van der Waals surface area (Å²) in [6.07, 6.45) is 1.35. The van der Waals surface area contributed by atoms with Crippen LogP contribution in [0.25, 0.3) is 5.65 Å². The number of Topliss-reactive ketones (excluding diaryl/α,β-unsaturated/α-hetero) is 1. The van der Waals surface area contributed by atoms with Gasteiger partial charge in [0.15, 0.2) is 5.78 Å². The van der Waals surface area contributed by atoms with E-state index in [2.05, 4.69) is 25.7 Å². The maximum atomic E-state index is 14.0. The number of rotatable bonds is 5. The third-order valence-corrected chi connectivity index (χ3v) is 5.73. The van der Waals surface area contributed by atoms with Crippen molar-refractivity contribution in [2.75, 3.05) is 6.61 Å². The number of carbonyl (C=O) groups excluding carboxylic acids is 2. The SMILES string of the molecule is CCOC(=O)C1C(=O)c2nc3cc(F)c(Br)cn3c2C1c1cc(Cl)ccc1OC(F)F. The van der Waals surface area contributed by atoms with E-state index in [-0.39, 0.29) is 44.5 Å². The van der Waals surface area contributed by atoms with Crippen LogP contribution in [0.3, 0.4) is 0 Å². The van der Waals surface area contributed by atoms with Crippen molar-refractivity contribution >= 4 is 44.9 Å². The Balaban J connectivity index is 2.01. The van der Waals surface area contributed by atoms with Gasteiger partial charge in [0.1, 0.15) is 28.8 Å². The van der Waals surface area contributed by atoms with Crippen molar-refractivity contribution in [1.82, 2.24) is 9.38 Å². The molecule has 2 unspecified atom stereocenters. The first-order valence-electron chi connectivity index (χ1n) is 9.05. The summed E-state index contributed by atoms with van der Waals surface area (Å²) >= 11 is 9.18. The molecule has 1 aromatic carbocycles. The fourth-order valence-corrected chi connectivity index (χ4v) is 4.26. The van der Waals surface area contributed by atoms with Crippen LogP contribution in [0.4, 0.5) is 13.2 Å². The number of nitrogens with zero attached hydrogens (tertiary/aromatic N) is 2. The molecule has 31 heavy (non-hydrogen) atoms. The van der Waals surface area contributed by atoms with Gasteiger partial charge in [0, 0.05) is 22.8 Å². The Labute approximate surface area is 187 Å². The fourth-order valence-electron chi connectivity index (χ4n) is 3.76. The van der Waals surface area contributed by atoms with Gasteiger partial charge in [-0.05, 0) is 41.1 Å². The van der Waals surface area contributed by atoms with Gasteiger partial charge >= 0.3 is 12.6 Å². The van der Waals surface area contributed by atoms with Crippen LogP contribution >= 0.6 is 27.5 Å². The van der Waals surface area contributed by atoms with E-state index in [4.69, 9.17) is 16.3 Å². The Morgan fingerprint density at radius 2 is 2.10 bits per heavy atom. The number of hydrogen-bond donors (Lipinski definition) is 0. The number of ether oxygens (including phenoxy) is 2. The number of alkyl halides is 2. The van der Waals surface area contributed by atoms with Crippen LogP contribution in [0.5, 0.6) is 5.75 Å². The minimum atomic E-state index is -3.15. The molecule has 3 aromatic rings. The second kappa shape index (κ2) is 8.16. The first-order chi connectivity index (χ1) is 14.7. The fraction of sp³-hybridized carbons (Fsp3) is 0.250. The predicted octanol–water partition coefficient (Wildman–Crippen LogP) is 5.00. The molecule has 162 valence electrons. The average Bonchev–Trinajstić information content (AvgIpc) is 3.18. The Hall–Kier alpha value is -2.59. The molecule has 0 bridgehead atoms. The lowest BCUT2D eigenvalue weighted by Crippen LogP contribution is -2.28. The number of hydrogen-bond acceptors (Lipinski definition) is 5. The van der Waals surface area contributed by atoms with E-state index in [1.807, 2.05) is 0 Å². The van der Waals surface area contributed by atoms with Crippen molar-refractivity contribution in [2.24, 2.45) is 5.92 Å². The molecule has 1 aliphatic rings. The molecule has 2 atom stereocenters. The summed E-state index contributed by atoms with van der Waals surface area (Å²) < 4.78 is 51.3. The van der Waals surface area contributed by atoms with Gasteiger partial charge in [-0.2, -0.15) is 8.78 Å². The molecule has 0 spiro atoms. The maximum Gasteiger partial charge on any atom is 0.387 e. The summed E-state index contributed by atoms with van der Waals surface area (Å²) in [6, 6.07) is 5.03. The van der Waals surface area contributed by atoms with Crippen LogP contribution in [0.1, 0.15) is 34.6 Å². The third kappa shape index (κ3) is 3.67. The first kappa shape index (κ1) is 21.6. The molecule has 11 heteroatoms. The molecule has 0 radical (unpaired) electrons. The zero-order valence-electron chi connectivity index (χ0n) is 15.7. The monoisotopic (exact) mass is 516 g/mol. The summed E-state index contributed by atoms with van der Waals surface area (Å²) in [4.78, 5) is 30.0. The summed E-state index contributed by atoms with van der Waals surface area (Å²) in [5, 5.41) is 0.182. The molecule has 2 aromatic heterocycles. The van der Waals surface area contributed by atoms with Gasteiger partial charge in [0.25, 0.3) is 0 Å². The van der Waals surface area contributed by atoms with E-state index in [1.54, 1.807) is 6.92 Å². The molecule has 4 rings (SSSR count). The Morgan fingerprint density at radius 1 is 1.35 bits per heavy atom.